The second kappa shape index (κ2) is 11.5. The molecule has 0 bridgehead atoms. The lowest BCUT2D eigenvalue weighted by molar-refractivity contribution is 0.0697. The van der Waals surface area contributed by atoms with Gasteiger partial charge in [0.2, 0.25) is 5.00 Å². The van der Waals surface area contributed by atoms with Crippen molar-refractivity contribution in [1.82, 2.24) is 8.96 Å². The standard InChI is InChI=1S/C32H17ClF3N3O4S2/c1-37-31-23(11-12-44-31)28-24-15-20(34)6-10-27(24)39(45(42,43)21-7-9-26(30(35)36)38-16-21)29(28)18-4-2-3-17(13-18)22-8-5-19(32(40)41)14-25(22)33/h2-16,30H,(H,40,41). The van der Waals surface area contributed by atoms with Gasteiger partial charge in [0.1, 0.15) is 16.4 Å². The van der Waals surface area contributed by atoms with Crippen LogP contribution in [0.15, 0.2) is 95.3 Å². The lowest BCUT2D eigenvalue weighted by Crippen LogP contribution is -2.15. The van der Waals surface area contributed by atoms with Crippen LogP contribution in [0.5, 0.6) is 0 Å². The molecule has 0 saturated carbocycles. The van der Waals surface area contributed by atoms with Crippen LogP contribution in [0.25, 0.3) is 49.3 Å². The van der Waals surface area contributed by atoms with E-state index in [1.165, 1.54) is 30.3 Å². The first-order valence-corrected chi connectivity index (χ1v) is 15.6. The Morgan fingerprint density at radius 3 is 2.44 bits per heavy atom. The maximum absolute atomic E-state index is 14.8. The monoisotopic (exact) mass is 663 g/mol. The molecule has 3 aromatic carbocycles. The Bertz CT molecular complexity index is 2290. The predicted octanol–water partition coefficient (Wildman–Crippen LogP) is 9.31. The van der Waals surface area contributed by atoms with Crippen LogP contribution < -0.4 is 0 Å². The minimum absolute atomic E-state index is 0.0222. The van der Waals surface area contributed by atoms with E-state index in [1.54, 1.807) is 35.7 Å². The van der Waals surface area contributed by atoms with E-state index in [1.807, 2.05) is 0 Å². The van der Waals surface area contributed by atoms with E-state index in [0.29, 0.717) is 22.3 Å². The third kappa shape index (κ3) is 5.25. The van der Waals surface area contributed by atoms with Gasteiger partial charge in [-0.2, -0.15) is 11.3 Å². The summed E-state index contributed by atoms with van der Waals surface area (Å²) in [4.78, 5) is 18.3. The summed E-state index contributed by atoms with van der Waals surface area (Å²) in [6.07, 6.45) is -2.07. The van der Waals surface area contributed by atoms with E-state index in [2.05, 4.69) is 9.83 Å². The minimum Gasteiger partial charge on any atom is -0.478 e. The maximum Gasteiger partial charge on any atom is 0.335 e. The van der Waals surface area contributed by atoms with Crippen LogP contribution in [-0.2, 0) is 10.0 Å². The van der Waals surface area contributed by atoms with Gasteiger partial charge in [0, 0.05) is 38.9 Å². The summed E-state index contributed by atoms with van der Waals surface area (Å²) in [5.41, 5.74) is 1.48. The number of alkyl halides is 2. The van der Waals surface area contributed by atoms with Crippen LogP contribution in [-0.4, -0.2) is 28.5 Å². The summed E-state index contributed by atoms with van der Waals surface area (Å²) < 4.78 is 71.0. The van der Waals surface area contributed by atoms with Gasteiger partial charge >= 0.3 is 5.97 Å². The van der Waals surface area contributed by atoms with Crippen LogP contribution in [0.4, 0.5) is 18.2 Å². The highest BCUT2D eigenvalue weighted by molar-refractivity contribution is 7.90. The van der Waals surface area contributed by atoms with Gasteiger partial charge in [0.15, 0.2) is 0 Å². The first-order valence-electron chi connectivity index (χ1n) is 12.9. The number of carboxylic acid groups (broad SMARTS) is 1. The second-order valence-electron chi connectivity index (χ2n) is 9.71. The topological polar surface area (TPSA) is 93.6 Å². The third-order valence-corrected chi connectivity index (χ3v) is 9.90. The third-order valence-electron chi connectivity index (χ3n) is 7.09. The molecule has 7 nitrogen and oxygen atoms in total. The SMILES string of the molecule is [C-]#[N+]c1sccc1-c1c(-c2cccc(-c3ccc(C(=O)O)cc3Cl)c2)n(S(=O)(=O)c2ccc(C(F)F)nc2)c2ccc(F)cc12. The number of thiophene rings is 1. The number of aromatic nitrogens is 2. The zero-order valence-electron chi connectivity index (χ0n) is 22.6. The number of aromatic carboxylic acids is 1. The predicted molar refractivity (Wildman–Crippen MR) is 166 cm³/mol. The average molecular weight is 664 g/mol. The van der Waals surface area contributed by atoms with Crippen LogP contribution in [0.1, 0.15) is 22.5 Å². The number of hydrogen-bond donors (Lipinski definition) is 1. The van der Waals surface area contributed by atoms with E-state index in [9.17, 15) is 31.5 Å². The summed E-state index contributed by atoms with van der Waals surface area (Å²) in [6.45, 7) is 7.72. The number of pyridine rings is 1. The number of nitrogens with zero attached hydrogens (tertiary/aromatic N) is 3. The number of rotatable bonds is 7. The lowest BCUT2D eigenvalue weighted by atomic mass is 9.96. The van der Waals surface area contributed by atoms with Crippen molar-refractivity contribution in [3.63, 3.8) is 0 Å². The van der Waals surface area contributed by atoms with Crippen molar-refractivity contribution in [2.24, 2.45) is 0 Å². The molecule has 0 saturated heterocycles. The molecule has 0 amide bonds. The molecule has 0 radical (unpaired) electrons. The fourth-order valence-corrected chi connectivity index (χ4v) is 7.56. The normalized spacial score (nSPS) is 11.6. The minimum atomic E-state index is -4.57. The molecule has 45 heavy (non-hydrogen) atoms. The molecule has 1 N–H and O–H groups in total. The van der Waals surface area contributed by atoms with Crippen molar-refractivity contribution in [2.75, 3.05) is 0 Å². The number of halogens is 4. The van der Waals surface area contributed by atoms with Crippen molar-refractivity contribution >= 4 is 54.8 Å². The number of hydrogen-bond acceptors (Lipinski definition) is 5. The van der Waals surface area contributed by atoms with Gasteiger partial charge < -0.3 is 5.11 Å². The average Bonchev–Trinajstić information content (AvgIpc) is 3.63. The molecule has 0 atom stereocenters. The molecule has 3 heterocycles. The van der Waals surface area contributed by atoms with Crippen LogP contribution >= 0.6 is 22.9 Å². The van der Waals surface area contributed by atoms with E-state index in [0.717, 1.165) is 39.7 Å². The quantitative estimate of drug-likeness (QED) is 0.172. The van der Waals surface area contributed by atoms with Crippen LogP contribution in [0.3, 0.4) is 0 Å². The Kier molecular flexibility index (Phi) is 7.70. The van der Waals surface area contributed by atoms with Gasteiger partial charge in [-0.3, -0.25) is 4.98 Å². The smallest absolute Gasteiger partial charge is 0.335 e. The summed E-state index contributed by atoms with van der Waals surface area (Å²) >= 11 is 7.59. The summed E-state index contributed by atoms with van der Waals surface area (Å²) in [5, 5.41) is 11.6. The second-order valence-corrected chi connectivity index (χ2v) is 12.8. The first-order chi connectivity index (χ1) is 21.5. The molecule has 0 aliphatic rings. The summed E-state index contributed by atoms with van der Waals surface area (Å²) in [5.74, 6) is -1.81. The first kappa shape index (κ1) is 30.1. The lowest BCUT2D eigenvalue weighted by Gasteiger charge is -2.15. The van der Waals surface area contributed by atoms with Gasteiger partial charge in [-0.1, -0.05) is 41.9 Å². The maximum atomic E-state index is 14.8. The highest BCUT2D eigenvalue weighted by Crippen LogP contribution is 2.48. The van der Waals surface area contributed by atoms with Crippen molar-refractivity contribution in [3.8, 4) is 33.5 Å². The summed E-state index contributed by atoms with van der Waals surface area (Å²) in [6, 6.07) is 18.0. The van der Waals surface area contributed by atoms with Gasteiger partial charge in [-0.25, -0.2) is 35.2 Å². The van der Waals surface area contributed by atoms with Crippen molar-refractivity contribution < 1.29 is 31.5 Å². The molecule has 0 aliphatic heterocycles. The zero-order valence-corrected chi connectivity index (χ0v) is 25.0. The van der Waals surface area contributed by atoms with Gasteiger partial charge in [0.25, 0.3) is 16.4 Å². The number of benzene rings is 3. The molecule has 0 spiro atoms. The molecule has 0 unspecified atom stereocenters. The largest absolute Gasteiger partial charge is 0.478 e. The van der Waals surface area contributed by atoms with Gasteiger partial charge in [0.05, 0.1) is 23.3 Å². The Balaban J connectivity index is 1.70. The fourth-order valence-electron chi connectivity index (χ4n) is 5.09. The molecule has 6 aromatic rings. The molecule has 13 heteroatoms. The van der Waals surface area contributed by atoms with E-state index >= 15 is 0 Å². The number of fused-ring (bicyclic) bond motifs is 1. The van der Waals surface area contributed by atoms with Crippen molar-refractivity contribution in [2.45, 2.75) is 11.3 Å². The van der Waals surface area contributed by atoms with E-state index < -0.39 is 33.9 Å². The summed E-state index contributed by atoms with van der Waals surface area (Å²) in [7, 11) is -4.57. The van der Waals surface area contributed by atoms with Gasteiger partial charge in [-0.15, -0.1) is 0 Å². The Hall–Kier alpha value is -4.96. The number of carboxylic acids is 1. The highest BCUT2D eigenvalue weighted by Gasteiger charge is 2.31. The molecule has 0 aliphatic carbocycles. The highest BCUT2D eigenvalue weighted by atomic mass is 35.5. The molecular weight excluding hydrogens is 647 g/mol. The molecule has 0 fully saturated rings. The fraction of sp³-hybridized carbons (Fsp3) is 0.0312. The number of carbonyl (C=O) groups is 1. The van der Waals surface area contributed by atoms with Crippen LogP contribution in [0, 0.1) is 12.4 Å². The molecular formula is C32H17ClF3N3O4S2. The Morgan fingerprint density at radius 2 is 1.78 bits per heavy atom. The van der Waals surface area contributed by atoms with Crippen molar-refractivity contribution in [3.05, 3.63) is 124 Å². The van der Waals surface area contributed by atoms with Crippen molar-refractivity contribution in [1.29, 1.82) is 0 Å². The van der Waals surface area contributed by atoms with Crippen LogP contribution in [0.2, 0.25) is 5.02 Å². The van der Waals surface area contributed by atoms with Gasteiger partial charge in [-0.05, 0) is 59.5 Å². The van der Waals surface area contributed by atoms with E-state index in [4.69, 9.17) is 18.2 Å². The zero-order chi connectivity index (χ0) is 32.0. The molecule has 3 aromatic heterocycles. The molecule has 6 rings (SSSR count). The van der Waals surface area contributed by atoms with E-state index in [-0.39, 0.29) is 42.6 Å². The Morgan fingerprint density at radius 1 is 1.00 bits per heavy atom. The molecule has 224 valence electrons. The Labute approximate surface area is 263 Å².